The van der Waals surface area contributed by atoms with E-state index in [9.17, 15) is 4.39 Å². The number of hydrogen-bond acceptors (Lipinski definition) is 1. The lowest BCUT2D eigenvalue weighted by molar-refractivity contribution is 0.340. The summed E-state index contributed by atoms with van der Waals surface area (Å²) >= 11 is 16.0. The van der Waals surface area contributed by atoms with Crippen LogP contribution in [0.4, 0.5) is 4.39 Å². The minimum absolute atomic E-state index is 0.250. The number of hydrogen-bond donors (Lipinski definition) is 0. The third-order valence-electron chi connectivity index (χ3n) is 3.12. The van der Waals surface area contributed by atoms with Crippen LogP contribution in [-0.4, -0.2) is 6.61 Å². The van der Waals surface area contributed by atoms with Gasteiger partial charge in [0.25, 0.3) is 0 Å². The van der Waals surface area contributed by atoms with Crippen molar-refractivity contribution in [2.24, 2.45) is 0 Å². The summed E-state index contributed by atoms with van der Waals surface area (Å²) in [5.41, 5.74) is 1.82. The maximum absolute atomic E-state index is 14.2. The second kappa shape index (κ2) is 6.99. The Morgan fingerprint density at radius 2 is 1.90 bits per heavy atom. The van der Waals surface area contributed by atoms with Crippen LogP contribution in [0.5, 0.6) is 5.75 Å². The molecule has 1 nitrogen and oxygen atoms in total. The van der Waals surface area contributed by atoms with Crippen molar-refractivity contribution < 1.29 is 9.13 Å². The van der Waals surface area contributed by atoms with Crippen molar-refractivity contribution >= 4 is 39.1 Å². The first-order chi connectivity index (χ1) is 9.95. The summed E-state index contributed by atoms with van der Waals surface area (Å²) in [6.45, 7) is 4.10. The highest BCUT2D eigenvalue weighted by atomic mass is 79.9. The molecule has 21 heavy (non-hydrogen) atoms. The normalized spacial score (nSPS) is 12.3. The van der Waals surface area contributed by atoms with Gasteiger partial charge in [0.1, 0.15) is 11.6 Å². The largest absolute Gasteiger partial charge is 0.492 e. The third kappa shape index (κ3) is 3.53. The Balaban J connectivity index is 2.46. The molecule has 0 amide bonds. The molecule has 0 aliphatic carbocycles. The first-order valence-corrected chi connectivity index (χ1v) is 8.13. The van der Waals surface area contributed by atoms with Gasteiger partial charge in [-0.3, -0.25) is 0 Å². The molecule has 2 aromatic rings. The summed E-state index contributed by atoms with van der Waals surface area (Å²) in [5, 5.41) is 0.930. The lowest BCUT2D eigenvalue weighted by Gasteiger charge is -2.16. The molecule has 5 heteroatoms. The predicted molar refractivity (Wildman–Crippen MR) is 89.5 cm³/mol. The second-order valence-electron chi connectivity index (χ2n) is 4.58. The average molecular weight is 392 g/mol. The van der Waals surface area contributed by atoms with Crippen molar-refractivity contribution in [3.05, 3.63) is 62.9 Å². The Morgan fingerprint density at radius 1 is 1.19 bits per heavy atom. The van der Waals surface area contributed by atoms with E-state index in [-0.39, 0.29) is 10.6 Å². The molecule has 0 aliphatic rings. The Kier molecular flexibility index (Phi) is 5.53. The molecule has 0 aromatic heterocycles. The van der Waals surface area contributed by atoms with Gasteiger partial charge in [-0.2, -0.15) is 0 Å². The first-order valence-electron chi connectivity index (χ1n) is 6.46. The molecule has 2 rings (SSSR count). The van der Waals surface area contributed by atoms with Crippen LogP contribution in [-0.2, 0) is 0 Å². The molecule has 0 N–H and O–H groups in total. The number of aryl methyl sites for hydroxylation is 1. The van der Waals surface area contributed by atoms with E-state index in [1.165, 1.54) is 0 Å². The summed E-state index contributed by atoms with van der Waals surface area (Å²) in [5.74, 6) is 0.276. The Bertz CT molecular complexity index is 661. The SMILES string of the molecule is CCOc1cc(Cl)c(C(Br)c2cccc(C)c2F)cc1Cl. The summed E-state index contributed by atoms with van der Waals surface area (Å²) in [6, 6.07) is 8.63. The Labute approximate surface area is 142 Å². The van der Waals surface area contributed by atoms with E-state index in [1.807, 2.05) is 13.0 Å². The smallest absolute Gasteiger partial charge is 0.139 e. The number of ether oxygens (including phenoxy) is 1. The minimum Gasteiger partial charge on any atom is -0.492 e. The zero-order valence-corrected chi connectivity index (χ0v) is 14.7. The van der Waals surface area contributed by atoms with Gasteiger partial charge >= 0.3 is 0 Å². The van der Waals surface area contributed by atoms with Crippen molar-refractivity contribution in [3.8, 4) is 5.75 Å². The van der Waals surface area contributed by atoms with Gasteiger partial charge in [-0.1, -0.05) is 57.3 Å². The summed E-state index contributed by atoms with van der Waals surface area (Å²) in [6.07, 6.45) is 0. The van der Waals surface area contributed by atoms with Gasteiger partial charge in [-0.25, -0.2) is 4.39 Å². The van der Waals surface area contributed by atoms with Crippen molar-refractivity contribution in [2.75, 3.05) is 6.61 Å². The summed E-state index contributed by atoms with van der Waals surface area (Å²) in [7, 11) is 0. The van der Waals surface area contributed by atoms with Crippen LogP contribution in [0, 0.1) is 12.7 Å². The molecule has 0 saturated heterocycles. The highest BCUT2D eigenvalue weighted by molar-refractivity contribution is 9.09. The topological polar surface area (TPSA) is 9.23 Å². The molecule has 0 fully saturated rings. The van der Waals surface area contributed by atoms with Gasteiger partial charge in [-0.05, 0) is 31.0 Å². The van der Waals surface area contributed by atoms with Gasteiger partial charge < -0.3 is 4.74 Å². The molecule has 1 unspecified atom stereocenters. The summed E-state index contributed by atoms with van der Waals surface area (Å²) < 4.78 is 19.6. The van der Waals surface area contributed by atoms with Crippen molar-refractivity contribution in [2.45, 2.75) is 18.7 Å². The molecule has 0 spiro atoms. The zero-order chi connectivity index (χ0) is 15.6. The van der Waals surface area contributed by atoms with Crippen LogP contribution in [0.3, 0.4) is 0 Å². The zero-order valence-electron chi connectivity index (χ0n) is 11.6. The Hall–Kier alpha value is -0.770. The van der Waals surface area contributed by atoms with Crippen LogP contribution in [0.15, 0.2) is 30.3 Å². The molecule has 0 heterocycles. The maximum atomic E-state index is 14.2. The standard InChI is InChI=1S/C16H14BrCl2FO/c1-3-21-14-8-12(18)11(7-13(14)19)15(17)10-6-4-5-9(2)16(10)20/h4-8,15H,3H2,1-2H3. The van der Waals surface area contributed by atoms with Crippen molar-refractivity contribution in [1.82, 2.24) is 0 Å². The molecule has 0 saturated carbocycles. The fraction of sp³-hybridized carbons (Fsp3) is 0.250. The number of benzene rings is 2. The molecule has 1 atom stereocenters. The molecule has 0 aliphatic heterocycles. The maximum Gasteiger partial charge on any atom is 0.139 e. The van der Waals surface area contributed by atoms with E-state index in [4.69, 9.17) is 27.9 Å². The van der Waals surface area contributed by atoms with Gasteiger partial charge in [0.2, 0.25) is 0 Å². The van der Waals surface area contributed by atoms with Crippen molar-refractivity contribution in [1.29, 1.82) is 0 Å². The third-order valence-corrected chi connectivity index (χ3v) is 4.73. The van der Waals surface area contributed by atoms with E-state index in [2.05, 4.69) is 15.9 Å². The molecular weight excluding hydrogens is 378 g/mol. The highest BCUT2D eigenvalue weighted by Crippen LogP contribution is 2.41. The Morgan fingerprint density at radius 3 is 2.57 bits per heavy atom. The van der Waals surface area contributed by atoms with Crippen molar-refractivity contribution in [3.63, 3.8) is 0 Å². The second-order valence-corrected chi connectivity index (χ2v) is 6.31. The van der Waals surface area contributed by atoms with Crippen LogP contribution in [0.1, 0.15) is 28.4 Å². The molecule has 112 valence electrons. The van der Waals surface area contributed by atoms with E-state index in [1.54, 1.807) is 31.2 Å². The molecule has 0 radical (unpaired) electrons. The first kappa shape index (κ1) is 16.6. The number of rotatable bonds is 4. The van der Waals surface area contributed by atoms with Gasteiger partial charge in [0.05, 0.1) is 16.5 Å². The van der Waals surface area contributed by atoms with Crippen LogP contribution >= 0.6 is 39.1 Å². The quantitative estimate of drug-likeness (QED) is 0.553. The summed E-state index contributed by atoms with van der Waals surface area (Å²) in [4.78, 5) is -0.377. The number of alkyl halides is 1. The van der Waals surface area contributed by atoms with Crippen LogP contribution < -0.4 is 4.74 Å². The molecular formula is C16H14BrCl2FO. The van der Waals surface area contributed by atoms with E-state index < -0.39 is 0 Å². The monoisotopic (exact) mass is 390 g/mol. The van der Waals surface area contributed by atoms with Gasteiger partial charge in [-0.15, -0.1) is 0 Å². The average Bonchev–Trinajstić information content (AvgIpc) is 2.45. The van der Waals surface area contributed by atoms with Crippen LogP contribution in [0.2, 0.25) is 10.0 Å². The molecule has 2 aromatic carbocycles. The lowest BCUT2D eigenvalue weighted by Crippen LogP contribution is -2.00. The van der Waals surface area contributed by atoms with Crippen LogP contribution in [0.25, 0.3) is 0 Å². The minimum atomic E-state index is -0.377. The van der Waals surface area contributed by atoms with Gasteiger partial charge in [0, 0.05) is 16.7 Å². The lowest BCUT2D eigenvalue weighted by atomic mass is 10.0. The number of halogens is 4. The predicted octanol–water partition coefficient (Wildman–Crippen LogP) is 6.32. The molecule has 0 bridgehead atoms. The van der Waals surface area contributed by atoms with E-state index in [0.717, 1.165) is 0 Å². The fourth-order valence-corrected chi connectivity index (χ4v) is 3.39. The van der Waals surface area contributed by atoms with E-state index in [0.29, 0.717) is 39.1 Å². The van der Waals surface area contributed by atoms with Gasteiger partial charge in [0.15, 0.2) is 0 Å². The fourth-order valence-electron chi connectivity index (χ4n) is 2.04. The highest BCUT2D eigenvalue weighted by Gasteiger charge is 2.20. The van der Waals surface area contributed by atoms with E-state index >= 15 is 0 Å².